The van der Waals surface area contributed by atoms with Gasteiger partial charge in [0.1, 0.15) is 5.75 Å². The van der Waals surface area contributed by atoms with E-state index in [1.165, 1.54) is 40.3 Å². The molecule has 2 aromatic heterocycles. The topological polar surface area (TPSA) is 14.2 Å². The monoisotopic (exact) mass is 483 g/mol. The average Bonchev–Trinajstić information content (AvgIpc) is 3.22. The maximum absolute atomic E-state index is 6.65. The first-order valence-electron chi connectivity index (χ1n) is 9.93. The van der Waals surface area contributed by atoms with Crippen molar-refractivity contribution in [3.05, 3.63) is 73.3 Å². The molecule has 146 valence electrons. The lowest BCUT2D eigenvalue weighted by Gasteiger charge is -2.30. The Kier molecular flexibility index (Phi) is 4.13. The van der Waals surface area contributed by atoms with Crippen molar-refractivity contribution < 1.29 is 4.74 Å². The Morgan fingerprint density at radius 1 is 1.14 bits per heavy atom. The Morgan fingerprint density at radius 3 is 2.83 bits per heavy atom. The summed E-state index contributed by atoms with van der Waals surface area (Å²) in [6.45, 7) is 2.14. The number of aromatic nitrogens is 1. The molecule has 1 unspecified atom stereocenters. The zero-order valence-corrected chi connectivity index (χ0v) is 19.1. The second-order valence-corrected chi connectivity index (χ2v) is 10.7. The quantitative estimate of drug-likeness (QED) is 0.287. The molecule has 0 amide bonds. The van der Waals surface area contributed by atoms with Crippen molar-refractivity contribution in [3.63, 3.8) is 0 Å². The number of hydrogen-bond donors (Lipinski definition) is 0. The van der Waals surface area contributed by atoms with E-state index >= 15 is 0 Å². The van der Waals surface area contributed by atoms with Crippen LogP contribution in [-0.2, 0) is 6.42 Å². The Morgan fingerprint density at radius 2 is 2.00 bits per heavy atom. The van der Waals surface area contributed by atoms with E-state index in [1.807, 2.05) is 23.5 Å². The molecule has 2 aliphatic rings. The molecular weight excluding hydrogens is 466 g/mol. The highest BCUT2D eigenvalue weighted by Crippen LogP contribution is 2.48. The predicted molar refractivity (Wildman–Crippen MR) is 124 cm³/mol. The summed E-state index contributed by atoms with van der Waals surface area (Å²) in [5.41, 5.74) is 4.70. The van der Waals surface area contributed by atoms with Gasteiger partial charge >= 0.3 is 0 Å². The van der Waals surface area contributed by atoms with Gasteiger partial charge in [-0.1, -0.05) is 27.5 Å². The number of hydrogen-bond acceptors (Lipinski definition) is 2. The average molecular weight is 485 g/mol. The molecule has 0 N–H and O–H groups in total. The largest absolute Gasteiger partial charge is 0.464 e. The van der Waals surface area contributed by atoms with E-state index in [4.69, 9.17) is 16.3 Å². The van der Waals surface area contributed by atoms with Crippen molar-refractivity contribution in [2.24, 2.45) is 5.92 Å². The fourth-order valence-corrected chi connectivity index (χ4v) is 6.27. The van der Waals surface area contributed by atoms with Crippen LogP contribution >= 0.6 is 38.9 Å². The third-order valence-corrected chi connectivity index (χ3v) is 7.74. The summed E-state index contributed by atoms with van der Waals surface area (Å²) in [5.74, 6) is 1.82. The van der Waals surface area contributed by atoms with Gasteiger partial charge in [-0.3, -0.25) is 4.57 Å². The number of halogens is 2. The van der Waals surface area contributed by atoms with Gasteiger partial charge < -0.3 is 4.74 Å². The first kappa shape index (κ1) is 18.1. The second-order valence-electron chi connectivity index (χ2n) is 8.12. The van der Waals surface area contributed by atoms with Crippen molar-refractivity contribution in [1.82, 2.24) is 4.57 Å². The number of nitrogens with zero attached hydrogens (tertiary/aromatic N) is 1. The van der Waals surface area contributed by atoms with Crippen LogP contribution in [0.1, 0.15) is 34.4 Å². The highest BCUT2D eigenvalue weighted by Gasteiger charge is 2.31. The molecule has 1 saturated carbocycles. The minimum Gasteiger partial charge on any atom is -0.464 e. The van der Waals surface area contributed by atoms with Crippen molar-refractivity contribution in [3.8, 4) is 17.0 Å². The van der Waals surface area contributed by atoms with Crippen molar-refractivity contribution >= 4 is 49.8 Å². The van der Waals surface area contributed by atoms with Crippen LogP contribution in [0.2, 0.25) is 5.02 Å². The van der Waals surface area contributed by atoms with Gasteiger partial charge in [-0.05, 0) is 86.2 Å². The number of rotatable bonds is 3. The maximum Gasteiger partial charge on any atom is 0.212 e. The lowest BCUT2D eigenvalue weighted by atomic mass is 10.0. The summed E-state index contributed by atoms with van der Waals surface area (Å²) in [7, 11) is 0. The van der Waals surface area contributed by atoms with Gasteiger partial charge in [-0.15, -0.1) is 11.3 Å². The molecule has 4 aromatic rings. The van der Waals surface area contributed by atoms with Crippen LogP contribution < -0.4 is 4.74 Å². The van der Waals surface area contributed by atoms with E-state index < -0.39 is 0 Å². The van der Waals surface area contributed by atoms with E-state index in [-0.39, 0.29) is 6.23 Å². The predicted octanol–water partition coefficient (Wildman–Crippen LogP) is 7.99. The van der Waals surface area contributed by atoms with Crippen LogP contribution in [0, 0.1) is 12.8 Å². The molecule has 1 fully saturated rings. The highest BCUT2D eigenvalue weighted by atomic mass is 79.9. The van der Waals surface area contributed by atoms with E-state index in [0.29, 0.717) is 0 Å². The Balaban J connectivity index is 1.56. The van der Waals surface area contributed by atoms with Gasteiger partial charge in [0.05, 0.1) is 16.1 Å². The lowest BCUT2D eigenvalue weighted by Crippen LogP contribution is -2.21. The molecule has 2 nitrogen and oxygen atoms in total. The van der Waals surface area contributed by atoms with Crippen LogP contribution in [0.15, 0.2) is 53.0 Å². The summed E-state index contributed by atoms with van der Waals surface area (Å²) in [6, 6.07) is 17.1. The molecule has 6 rings (SSSR count). The third kappa shape index (κ3) is 3.04. The normalized spacial score (nSPS) is 17.8. The van der Waals surface area contributed by atoms with E-state index in [2.05, 4.69) is 63.8 Å². The molecule has 5 heteroatoms. The van der Waals surface area contributed by atoms with E-state index in [9.17, 15) is 0 Å². The van der Waals surface area contributed by atoms with Crippen LogP contribution in [0.4, 0.5) is 0 Å². The Bertz CT molecular complexity index is 1270. The lowest BCUT2D eigenvalue weighted by molar-refractivity contribution is 0.177. The van der Waals surface area contributed by atoms with Gasteiger partial charge in [-0.2, -0.15) is 0 Å². The Labute approximate surface area is 187 Å². The standard InChI is InChI=1S/C24H19BrClNOS/c1-13-8-16(25)12-21-23(13)20-11-15-10-17(26)4-6-19(15)27(20)24(28-21)22-7-5-18(29-22)9-14-2-3-14/h4-8,10-12,14,24H,2-3,9H2,1H3. The second kappa shape index (κ2) is 6.63. The van der Waals surface area contributed by atoms with E-state index in [0.717, 1.165) is 37.6 Å². The number of ether oxygens (including phenoxy) is 1. The highest BCUT2D eigenvalue weighted by molar-refractivity contribution is 9.10. The molecule has 0 radical (unpaired) electrons. The van der Waals surface area contributed by atoms with Crippen LogP contribution in [0.5, 0.6) is 5.75 Å². The molecule has 1 atom stereocenters. The van der Waals surface area contributed by atoms with E-state index in [1.54, 1.807) is 0 Å². The summed E-state index contributed by atoms with van der Waals surface area (Å²) in [4.78, 5) is 2.71. The van der Waals surface area contributed by atoms with Gasteiger partial charge in [0.25, 0.3) is 0 Å². The smallest absolute Gasteiger partial charge is 0.212 e. The number of thiophene rings is 1. The first-order chi connectivity index (χ1) is 14.1. The molecule has 0 spiro atoms. The van der Waals surface area contributed by atoms with Crippen molar-refractivity contribution in [2.45, 2.75) is 32.4 Å². The summed E-state index contributed by atoms with van der Waals surface area (Å²) >= 11 is 11.8. The van der Waals surface area contributed by atoms with Gasteiger partial charge in [-0.25, -0.2) is 0 Å². The van der Waals surface area contributed by atoms with Gasteiger partial charge in [0, 0.05) is 25.3 Å². The minimum absolute atomic E-state index is 0.164. The molecule has 1 aliphatic heterocycles. The molecule has 1 aliphatic carbocycles. The molecule has 29 heavy (non-hydrogen) atoms. The van der Waals surface area contributed by atoms with Crippen molar-refractivity contribution in [2.75, 3.05) is 0 Å². The molecule has 2 aromatic carbocycles. The SMILES string of the molecule is Cc1cc(Br)cc2c1-c1cc3cc(Cl)ccc3n1C(c1ccc(CC3CC3)s1)O2. The fourth-order valence-electron chi connectivity index (χ4n) is 4.39. The van der Waals surface area contributed by atoms with Gasteiger partial charge in [0.15, 0.2) is 0 Å². The van der Waals surface area contributed by atoms with Crippen LogP contribution in [-0.4, -0.2) is 4.57 Å². The maximum atomic E-state index is 6.65. The first-order valence-corrected chi connectivity index (χ1v) is 11.9. The molecule has 0 bridgehead atoms. The molecule has 0 saturated heterocycles. The number of aryl methyl sites for hydroxylation is 1. The fraction of sp³-hybridized carbons (Fsp3) is 0.250. The molecule has 3 heterocycles. The van der Waals surface area contributed by atoms with Crippen LogP contribution in [0.3, 0.4) is 0 Å². The van der Waals surface area contributed by atoms with Crippen molar-refractivity contribution in [1.29, 1.82) is 0 Å². The summed E-state index contributed by atoms with van der Waals surface area (Å²) < 4.78 is 10.0. The number of fused-ring (bicyclic) bond motifs is 5. The zero-order chi connectivity index (χ0) is 19.7. The summed E-state index contributed by atoms with van der Waals surface area (Å²) in [6.07, 6.45) is 3.79. The number of benzene rings is 2. The Hall–Kier alpha value is -1.75. The summed E-state index contributed by atoms with van der Waals surface area (Å²) in [5, 5.41) is 1.90. The van der Waals surface area contributed by atoms with Crippen LogP contribution in [0.25, 0.3) is 22.2 Å². The minimum atomic E-state index is -0.164. The third-order valence-electron chi connectivity index (χ3n) is 5.91. The zero-order valence-electron chi connectivity index (χ0n) is 15.9. The molecular formula is C24H19BrClNOS. The van der Waals surface area contributed by atoms with Gasteiger partial charge in [0.2, 0.25) is 6.23 Å².